The standard InChI is InChI=1S/C17H22N4O3/c1-23-11-12-6-2-3-7-13(12)16-19-15(24-20-16)10-21-9-5-4-8-14(18)17(21)22/h2-3,6-7,14H,4-5,8-11,18H2,1H3. The van der Waals surface area contributed by atoms with Crippen LogP contribution < -0.4 is 5.73 Å². The van der Waals surface area contributed by atoms with E-state index in [1.807, 2.05) is 24.3 Å². The van der Waals surface area contributed by atoms with E-state index in [2.05, 4.69) is 10.1 Å². The molecule has 1 amide bonds. The fraction of sp³-hybridized carbons (Fsp3) is 0.471. The van der Waals surface area contributed by atoms with E-state index in [0.717, 1.165) is 30.4 Å². The van der Waals surface area contributed by atoms with Crippen LogP contribution in [0.5, 0.6) is 0 Å². The predicted octanol–water partition coefficient (Wildman–Crippen LogP) is 1.72. The van der Waals surface area contributed by atoms with Gasteiger partial charge in [-0.2, -0.15) is 4.98 Å². The maximum Gasteiger partial charge on any atom is 0.246 e. The van der Waals surface area contributed by atoms with Crippen molar-refractivity contribution in [3.8, 4) is 11.4 Å². The van der Waals surface area contributed by atoms with Gasteiger partial charge in [0.1, 0.15) is 6.54 Å². The molecule has 1 unspecified atom stereocenters. The van der Waals surface area contributed by atoms with E-state index in [-0.39, 0.29) is 5.91 Å². The van der Waals surface area contributed by atoms with Crippen molar-refractivity contribution < 1.29 is 14.1 Å². The number of methoxy groups -OCH3 is 1. The summed E-state index contributed by atoms with van der Waals surface area (Å²) in [5.41, 5.74) is 7.76. The first kappa shape index (κ1) is 16.6. The Morgan fingerprint density at radius 3 is 3.04 bits per heavy atom. The van der Waals surface area contributed by atoms with Gasteiger partial charge in [0.05, 0.1) is 12.6 Å². The van der Waals surface area contributed by atoms with E-state index < -0.39 is 6.04 Å². The monoisotopic (exact) mass is 330 g/mol. The number of ether oxygens (including phenoxy) is 1. The smallest absolute Gasteiger partial charge is 0.246 e. The molecule has 2 heterocycles. The van der Waals surface area contributed by atoms with Crippen LogP contribution in [0.3, 0.4) is 0 Å². The minimum absolute atomic E-state index is 0.0490. The second kappa shape index (κ2) is 7.55. The number of likely N-dealkylation sites (tertiary alicyclic amines) is 1. The van der Waals surface area contributed by atoms with Gasteiger partial charge < -0.3 is 19.9 Å². The van der Waals surface area contributed by atoms with Crippen LogP contribution in [0.4, 0.5) is 0 Å². The van der Waals surface area contributed by atoms with Crippen molar-refractivity contribution in [1.82, 2.24) is 15.0 Å². The third kappa shape index (κ3) is 3.63. The predicted molar refractivity (Wildman–Crippen MR) is 87.7 cm³/mol. The summed E-state index contributed by atoms with van der Waals surface area (Å²) in [4.78, 5) is 18.4. The first-order valence-electron chi connectivity index (χ1n) is 8.13. The molecule has 1 fully saturated rings. The van der Waals surface area contributed by atoms with Gasteiger partial charge in [-0.15, -0.1) is 0 Å². The lowest BCUT2D eigenvalue weighted by molar-refractivity contribution is -0.133. The van der Waals surface area contributed by atoms with Crippen LogP contribution in [0, 0.1) is 0 Å². The number of benzene rings is 1. The second-order valence-electron chi connectivity index (χ2n) is 5.96. The molecule has 0 bridgehead atoms. The molecule has 128 valence electrons. The van der Waals surface area contributed by atoms with E-state index in [9.17, 15) is 4.79 Å². The molecule has 0 saturated carbocycles. The van der Waals surface area contributed by atoms with Gasteiger partial charge in [0.15, 0.2) is 0 Å². The van der Waals surface area contributed by atoms with Gasteiger partial charge in [-0.25, -0.2) is 0 Å². The molecule has 0 spiro atoms. The van der Waals surface area contributed by atoms with Gasteiger partial charge in [0.2, 0.25) is 17.6 Å². The molecule has 7 nitrogen and oxygen atoms in total. The zero-order chi connectivity index (χ0) is 16.9. The Morgan fingerprint density at radius 1 is 1.38 bits per heavy atom. The largest absolute Gasteiger partial charge is 0.380 e. The van der Waals surface area contributed by atoms with Crippen LogP contribution in [0.25, 0.3) is 11.4 Å². The number of nitrogens with zero attached hydrogens (tertiary/aromatic N) is 3. The van der Waals surface area contributed by atoms with Crippen molar-refractivity contribution in [2.75, 3.05) is 13.7 Å². The van der Waals surface area contributed by atoms with Crippen LogP contribution in [0.15, 0.2) is 28.8 Å². The summed E-state index contributed by atoms with van der Waals surface area (Å²) in [6, 6.07) is 7.32. The molecule has 24 heavy (non-hydrogen) atoms. The SMILES string of the molecule is COCc1ccccc1-c1noc(CN2CCCCC(N)C2=O)n1. The molecule has 1 aliphatic rings. The van der Waals surface area contributed by atoms with E-state index in [1.165, 1.54) is 0 Å². The van der Waals surface area contributed by atoms with Crippen molar-refractivity contribution in [2.45, 2.75) is 38.5 Å². The lowest BCUT2D eigenvalue weighted by atomic mass is 10.1. The number of hydrogen-bond donors (Lipinski definition) is 1. The zero-order valence-corrected chi connectivity index (χ0v) is 13.8. The molecule has 1 aromatic carbocycles. The van der Waals surface area contributed by atoms with Gasteiger partial charge in [-0.1, -0.05) is 29.4 Å². The minimum Gasteiger partial charge on any atom is -0.380 e. The Labute approximate surface area is 140 Å². The molecule has 1 aliphatic heterocycles. The van der Waals surface area contributed by atoms with Crippen molar-refractivity contribution in [1.29, 1.82) is 0 Å². The summed E-state index contributed by atoms with van der Waals surface area (Å²) < 4.78 is 10.5. The van der Waals surface area contributed by atoms with E-state index >= 15 is 0 Å². The summed E-state index contributed by atoms with van der Waals surface area (Å²) in [5.74, 6) is 0.871. The molecule has 3 rings (SSSR count). The molecule has 7 heteroatoms. The first-order chi connectivity index (χ1) is 11.7. The summed E-state index contributed by atoms with van der Waals surface area (Å²) in [5, 5.41) is 4.05. The molecule has 2 N–H and O–H groups in total. The average molecular weight is 330 g/mol. The average Bonchev–Trinajstić information content (AvgIpc) is 2.99. The van der Waals surface area contributed by atoms with Gasteiger partial charge in [0.25, 0.3) is 0 Å². The number of rotatable bonds is 5. The molecule has 0 aliphatic carbocycles. The van der Waals surface area contributed by atoms with Crippen LogP contribution >= 0.6 is 0 Å². The Hall–Kier alpha value is -2.25. The van der Waals surface area contributed by atoms with E-state index in [0.29, 0.717) is 31.4 Å². The number of amides is 1. The third-order valence-corrected chi connectivity index (χ3v) is 4.17. The van der Waals surface area contributed by atoms with Gasteiger partial charge in [-0.05, 0) is 24.8 Å². The number of aromatic nitrogens is 2. The molecule has 1 atom stereocenters. The Kier molecular flexibility index (Phi) is 5.22. The van der Waals surface area contributed by atoms with Crippen molar-refractivity contribution in [3.05, 3.63) is 35.7 Å². The number of nitrogens with two attached hydrogens (primary N) is 1. The maximum absolute atomic E-state index is 12.3. The van der Waals surface area contributed by atoms with Gasteiger partial charge in [0, 0.05) is 19.2 Å². The minimum atomic E-state index is -0.433. The number of carbonyl (C=O) groups excluding carboxylic acids is 1. The highest BCUT2D eigenvalue weighted by Crippen LogP contribution is 2.22. The Bertz CT molecular complexity index is 701. The highest BCUT2D eigenvalue weighted by molar-refractivity contribution is 5.81. The quantitative estimate of drug-likeness (QED) is 0.897. The fourth-order valence-corrected chi connectivity index (χ4v) is 2.90. The number of carbonyl (C=O) groups is 1. The number of hydrogen-bond acceptors (Lipinski definition) is 6. The van der Waals surface area contributed by atoms with Crippen LogP contribution in [0.2, 0.25) is 0 Å². The maximum atomic E-state index is 12.3. The highest BCUT2D eigenvalue weighted by atomic mass is 16.5. The van der Waals surface area contributed by atoms with Crippen molar-refractivity contribution in [3.63, 3.8) is 0 Å². The molecular formula is C17H22N4O3. The summed E-state index contributed by atoms with van der Waals surface area (Å²) in [6.07, 6.45) is 2.63. The molecular weight excluding hydrogens is 308 g/mol. The zero-order valence-electron chi connectivity index (χ0n) is 13.8. The first-order valence-corrected chi connectivity index (χ1v) is 8.13. The van der Waals surface area contributed by atoms with Crippen molar-refractivity contribution in [2.24, 2.45) is 5.73 Å². The fourth-order valence-electron chi connectivity index (χ4n) is 2.90. The Morgan fingerprint density at radius 2 is 2.21 bits per heavy atom. The van der Waals surface area contributed by atoms with Crippen molar-refractivity contribution >= 4 is 5.91 Å². The van der Waals surface area contributed by atoms with Crippen LogP contribution in [-0.4, -0.2) is 40.6 Å². The van der Waals surface area contributed by atoms with E-state index in [1.54, 1.807) is 12.0 Å². The van der Waals surface area contributed by atoms with Gasteiger partial charge >= 0.3 is 0 Å². The normalized spacial score (nSPS) is 18.7. The van der Waals surface area contributed by atoms with Crippen LogP contribution in [-0.2, 0) is 22.7 Å². The molecule has 1 aromatic heterocycles. The van der Waals surface area contributed by atoms with Gasteiger partial charge in [-0.3, -0.25) is 4.79 Å². The topological polar surface area (TPSA) is 94.5 Å². The second-order valence-corrected chi connectivity index (χ2v) is 5.96. The van der Waals surface area contributed by atoms with E-state index in [4.69, 9.17) is 15.0 Å². The lowest BCUT2D eigenvalue weighted by Crippen LogP contribution is -2.41. The summed E-state index contributed by atoms with van der Waals surface area (Å²) in [6.45, 7) is 1.44. The Balaban J connectivity index is 1.77. The van der Waals surface area contributed by atoms with Crippen LogP contribution in [0.1, 0.15) is 30.7 Å². The molecule has 2 aromatic rings. The summed E-state index contributed by atoms with van der Waals surface area (Å²) in [7, 11) is 1.65. The molecule has 0 radical (unpaired) electrons. The lowest BCUT2D eigenvalue weighted by Gasteiger charge is -2.20. The molecule has 1 saturated heterocycles. The highest BCUT2D eigenvalue weighted by Gasteiger charge is 2.25. The summed E-state index contributed by atoms with van der Waals surface area (Å²) >= 11 is 0. The third-order valence-electron chi connectivity index (χ3n) is 4.17.